The molecule has 0 radical (unpaired) electrons. The minimum absolute atomic E-state index is 0.987. The first kappa shape index (κ1) is 28.3. The van der Waals surface area contributed by atoms with Gasteiger partial charge in [0.1, 0.15) is 0 Å². The number of halogens is 1. The summed E-state index contributed by atoms with van der Waals surface area (Å²) in [5, 5.41) is 0. The van der Waals surface area contributed by atoms with Crippen molar-refractivity contribution in [2.24, 2.45) is 0 Å². The molecule has 0 atom stereocenters. The molecule has 12 bridgehead atoms. The number of hydrogen-bond acceptors (Lipinski definition) is 2. The average Bonchev–Trinajstić information content (AvgIpc) is 3.06. The molecule has 3 heteroatoms. The zero-order valence-electron chi connectivity index (χ0n) is 23.8. The molecule has 9 rings (SSSR count). The van der Waals surface area contributed by atoms with Crippen molar-refractivity contribution in [2.45, 2.75) is 23.0 Å². The molecule has 0 saturated heterocycles. The van der Waals surface area contributed by atoms with Crippen LogP contribution in [0.2, 0.25) is 0 Å². The Morgan fingerprint density at radius 1 is 0.349 bits per heavy atom. The Balaban J connectivity index is 1.23. The standard InChI is InChI=1S/C40H31BrS2/c41-40-38-11-4-12-39(40)33-19-15-29(16-20-33)25-43-27-31-6-2-8-35(22-31)37-10-3-9-36(23-37)34-7-1-5-30(21-34)26-42-24-28-13-17-32(38)18-14-28/h1-23H,24-27H2. The van der Waals surface area contributed by atoms with Crippen LogP contribution in [0, 0.1) is 0 Å². The van der Waals surface area contributed by atoms with Gasteiger partial charge in [-0.05, 0) is 88.8 Å². The van der Waals surface area contributed by atoms with Crippen molar-refractivity contribution in [2.75, 3.05) is 0 Å². The van der Waals surface area contributed by atoms with Crippen molar-refractivity contribution in [3.05, 3.63) is 166 Å². The fourth-order valence-electron chi connectivity index (χ4n) is 5.67. The fourth-order valence-corrected chi connectivity index (χ4v) is 8.29. The molecule has 0 unspecified atom stereocenters. The Hall–Kier alpha value is -3.50. The Labute approximate surface area is 271 Å². The lowest BCUT2D eigenvalue weighted by atomic mass is 9.97. The number of fused-ring (bicyclic) bond motifs is 2. The third-order valence-electron chi connectivity index (χ3n) is 7.99. The number of rotatable bonds is 0. The number of hydrogen-bond donors (Lipinski definition) is 0. The van der Waals surface area contributed by atoms with Crippen LogP contribution in [0.3, 0.4) is 0 Å². The summed E-state index contributed by atoms with van der Waals surface area (Å²) < 4.78 is 1.14. The van der Waals surface area contributed by atoms with Crippen LogP contribution in [0.5, 0.6) is 0 Å². The summed E-state index contributed by atoms with van der Waals surface area (Å²) in [5.74, 6) is 3.95. The molecule has 0 fully saturated rings. The van der Waals surface area contributed by atoms with Gasteiger partial charge in [0.2, 0.25) is 0 Å². The van der Waals surface area contributed by atoms with Gasteiger partial charge in [-0.25, -0.2) is 0 Å². The fraction of sp³-hybridized carbons (Fsp3) is 0.100. The van der Waals surface area contributed by atoms with Crippen LogP contribution >= 0.6 is 39.5 Å². The van der Waals surface area contributed by atoms with Gasteiger partial charge in [-0.2, -0.15) is 23.5 Å². The van der Waals surface area contributed by atoms with E-state index in [0.29, 0.717) is 0 Å². The van der Waals surface area contributed by atoms with Gasteiger partial charge in [-0.15, -0.1) is 0 Å². The molecule has 6 aromatic carbocycles. The van der Waals surface area contributed by atoms with Gasteiger partial charge in [0.05, 0.1) is 0 Å². The van der Waals surface area contributed by atoms with Crippen LogP contribution in [-0.4, -0.2) is 0 Å². The highest BCUT2D eigenvalue weighted by Gasteiger charge is 2.11. The molecule has 0 spiro atoms. The van der Waals surface area contributed by atoms with Gasteiger partial charge >= 0.3 is 0 Å². The minimum Gasteiger partial charge on any atom is -0.152 e. The molecule has 0 nitrogen and oxygen atoms in total. The predicted octanol–water partition coefficient (Wildman–Crippen LogP) is 12.3. The summed E-state index contributed by atoms with van der Waals surface area (Å²) in [6.07, 6.45) is 0. The maximum atomic E-state index is 3.95. The molecule has 3 heterocycles. The summed E-state index contributed by atoms with van der Waals surface area (Å²) >= 11 is 7.88. The van der Waals surface area contributed by atoms with E-state index in [4.69, 9.17) is 0 Å². The van der Waals surface area contributed by atoms with Crippen molar-refractivity contribution in [3.8, 4) is 44.5 Å². The minimum atomic E-state index is 0.987. The third kappa shape index (κ3) is 6.55. The van der Waals surface area contributed by atoms with Crippen molar-refractivity contribution in [3.63, 3.8) is 0 Å². The lowest BCUT2D eigenvalue weighted by Gasteiger charge is -2.12. The first-order valence-electron chi connectivity index (χ1n) is 14.6. The van der Waals surface area contributed by atoms with E-state index >= 15 is 0 Å². The summed E-state index contributed by atoms with van der Waals surface area (Å²) in [7, 11) is 0. The van der Waals surface area contributed by atoms with Gasteiger partial charge in [0.25, 0.3) is 0 Å². The first-order valence-corrected chi connectivity index (χ1v) is 17.7. The van der Waals surface area contributed by atoms with E-state index < -0.39 is 0 Å². The highest BCUT2D eigenvalue weighted by atomic mass is 79.9. The number of thioether (sulfide) groups is 2. The molecule has 0 amide bonds. The zero-order valence-corrected chi connectivity index (χ0v) is 27.0. The smallest absolute Gasteiger partial charge is 0.0332 e. The molecule has 6 aromatic rings. The third-order valence-corrected chi connectivity index (χ3v) is 11.0. The lowest BCUT2D eigenvalue weighted by molar-refractivity contribution is 1.36. The summed E-state index contributed by atoms with van der Waals surface area (Å²) in [5.41, 5.74) is 15.4. The molecular formula is C40H31BrS2. The molecule has 0 aliphatic carbocycles. The van der Waals surface area contributed by atoms with Crippen molar-refractivity contribution in [1.82, 2.24) is 0 Å². The highest BCUT2D eigenvalue weighted by molar-refractivity contribution is 9.10. The summed E-state index contributed by atoms with van der Waals surface area (Å²) in [6, 6.07) is 51.7. The number of benzene rings is 6. The highest BCUT2D eigenvalue weighted by Crippen LogP contribution is 2.37. The molecule has 0 saturated carbocycles. The quantitative estimate of drug-likeness (QED) is 0.160. The maximum absolute atomic E-state index is 3.95. The van der Waals surface area contributed by atoms with E-state index in [1.54, 1.807) is 0 Å². The second-order valence-corrected chi connectivity index (χ2v) is 13.8. The Kier molecular flexibility index (Phi) is 8.56. The van der Waals surface area contributed by atoms with Crippen LogP contribution in [0.1, 0.15) is 22.3 Å². The van der Waals surface area contributed by atoms with Gasteiger partial charge in [0.15, 0.2) is 0 Å². The van der Waals surface area contributed by atoms with Crippen LogP contribution in [0.25, 0.3) is 44.5 Å². The second-order valence-electron chi connectivity index (χ2n) is 11.0. The monoisotopic (exact) mass is 654 g/mol. The van der Waals surface area contributed by atoms with E-state index in [1.807, 2.05) is 23.5 Å². The maximum Gasteiger partial charge on any atom is 0.0332 e. The van der Waals surface area contributed by atoms with Gasteiger partial charge < -0.3 is 0 Å². The molecule has 3 aliphatic heterocycles. The van der Waals surface area contributed by atoms with Crippen LogP contribution < -0.4 is 0 Å². The normalized spacial score (nSPS) is 13.1. The van der Waals surface area contributed by atoms with Gasteiger partial charge in [-0.3, -0.25) is 0 Å². The Morgan fingerprint density at radius 2 is 0.721 bits per heavy atom. The second kappa shape index (κ2) is 13.0. The van der Waals surface area contributed by atoms with Crippen LogP contribution in [0.4, 0.5) is 0 Å². The van der Waals surface area contributed by atoms with Gasteiger partial charge in [0, 0.05) is 27.5 Å². The van der Waals surface area contributed by atoms with E-state index in [0.717, 1.165) is 27.5 Å². The van der Waals surface area contributed by atoms with Crippen molar-refractivity contribution in [1.29, 1.82) is 0 Å². The summed E-state index contributed by atoms with van der Waals surface area (Å²) in [4.78, 5) is 0. The van der Waals surface area contributed by atoms with E-state index in [1.165, 1.54) is 66.8 Å². The molecule has 0 aromatic heterocycles. The Morgan fingerprint density at radius 3 is 1.19 bits per heavy atom. The van der Waals surface area contributed by atoms with E-state index in [2.05, 4.69) is 155 Å². The molecular weight excluding hydrogens is 624 g/mol. The molecule has 0 N–H and O–H groups in total. The van der Waals surface area contributed by atoms with E-state index in [-0.39, 0.29) is 0 Å². The van der Waals surface area contributed by atoms with Crippen LogP contribution in [0.15, 0.2) is 144 Å². The topological polar surface area (TPSA) is 0 Å². The van der Waals surface area contributed by atoms with Crippen LogP contribution in [-0.2, 0) is 23.0 Å². The van der Waals surface area contributed by atoms with E-state index in [9.17, 15) is 0 Å². The molecule has 3 aliphatic rings. The predicted molar refractivity (Wildman–Crippen MR) is 192 cm³/mol. The SMILES string of the molecule is Brc1c2cccc1-c1ccc(cc1)CSCc1cccc(c1)-c1cccc(c1)-c1cccc(c1)CSCc1ccc-2cc1. The molecule has 43 heavy (non-hydrogen) atoms. The average molecular weight is 656 g/mol. The largest absolute Gasteiger partial charge is 0.152 e. The summed E-state index contributed by atoms with van der Waals surface area (Å²) in [6.45, 7) is 0. The van der Waals surface area contributed by atoms with Crippen molar-refractivity contribution >= 4 is 39.5 Å². The Bertz CT molecular complexity index is 1740. The lowest BCUT2D eigenvalue weighted by Crippen LogP contribution is -1.89. The van der Waals surface area contributed by atoms with Crippen molar-refractivity contribution < 1.29 is 0 Å². The molecule has 210 valence electrons. The zero-order chi connectivity index (χ0) is 29.0. The first-order chi connectivity index (χ1) is 21.2. The van der Waals surface area contributed by atoms with Gasteiger partial charge in [-0.1, -0.05) is 133 Å².